The minimum absolute atomic E-state index is 0.423. The number of methoxy groups -OCH3 is 1. The van der Waals surface area contributed by atoms with Crippen molar-refractivity contribution in [1.82, 2.24) is 0 Å². The Bertz CT molecular complexity index is 453. The quantitative estimate of drug-likeness (QED) is 0.862. The number of thiocarbonyl (C=S) groups is 1. The first-order chi connectivity index (χ1) is 8.61. The van der Waals surface area contributed by atoms with Gasteiger partial charge in [0.1, 0.15) is 4.99 Å². The molecule has 18 heavy (non-hydrogen) atoms. The first kappa shape index (κ1) is 13.8. The van der Waals surface area contributed by atoms with Gasteiger partial charge in [0.2, 0.25) is 0 Å². The molecule has 0 saturated carbocycles. The van der Waals surface area contributed by atoms with Crippen molar-refractivity contribution in [3.63, 3.8) is 0 Å². The summed E-state index contributed by atoms with van der Waals surface area (Å²) in [5, 5.41) is 0. The third-order valence-electron chi connectivity index (χ3n) is 3.27. The molecule has 2 N–H and O–H groups in total. The van der Waals surface area contributed by atoms with E-state index in [4.69, 9.17) is 22.7 Å². The fourth-order valence-electron chi connectivity index (χ4n) is 2.34. The Kier molecular flexibility index (Phi) is 4.59. The molecule has 1 unspecified atom stereocenters. The van der Waals surface area contributed by atoms with E-state index in [9.17, 15) is 0 Å². The maximum atomic E-state index is 5.65. The minimum atomic E-state index is 0.423. The lowest BCUT2D eigenvalue weighted by atomic mass is 10.1. The number of rotatable bonds is 4. The molecular weight excluding hydrogens is 312 g/mol. The fourth-order valence-corrected chi connectivity index (χ4v) is 3.23. The Labute approximate surface area is 121 Å². The highest BCUT2D eigenvalue weighted by Gasteiger charge is 2.22. The van der Waals surface area contributed by atoms with Crippen molar-refractivity contribution in [2.45, 2.75) is 6.42 Å². The summed E-state index contributed by atoms with van der Waals surface area (Å²) >= 11 is 8.52. The molecular formula is C13H17BrN2OS. The zero-order chi connectivity index (χ0) is 13.1. The fraction of sp³-hybridized carbons (Fsp3) is 0.462. The molecule has 0 bridgehead atoms. The van der Waals surface area contributed by atoms with Crippen LogP contribution in [-0.4, -0.2) is 31.8 Å². The van der Waals surface area contributed by atoms with Crippen LogP contribution in [0.4, 0.5) is 5.69 Å². The molecule has 5 heteroatoms. The summed E-state index contributed by atoms with van der Waals surface area (Å²) < 4.78 is 6.18. The van der Waals surface area contributed by atoms with E-state index >= 15 is 0 Å². The van der Waals surface area contributed by atoms with Crippen molar-refractivity contribution in [3.05, 3.63) is 28.2 Å². The number of anilines is 1. The second-order valence-corrected chi connectivity index (χ2v) is 5.88. The zero-order valence-electron chi connectivity index (χ0n) is 10.4. The van der Waals surface area contributed by atoms with E-state index in [1.807, 2.05) is 6.07 Å². The van der Waals surface area contributed by atoms with Gasteiger partial charge in [0.25, 0.3) is 0 Å². The molecule has 1 aliphatic rings. The van der Waals surface area contributed by atoms with Crippen molar-refractivity contribution >= 4 is 38.8 Å². The zero-order valence-corrected chi connectivity index (χ0v) is 12.8. The summed E-state index contributed by atoms with van der Waals surface area (Å²) in [6, 6.07) is 6.14. The predicted molar refractivity (Wildman–Crippen MR) is 82.2 cm³/mol. The van der Waals surface area contributed by atoms with E-state index in [1.54, 1.807) is 7.11 Å². The molecule has 0 radical (unpaired) electrons. The number of ether oxygens (including phenoxy) is 1. The lowest BCUT2D eigenvalue weighted by molar-refractivity contribution is 0.161. The van der Waals surface area contributed by atoms with Gasteiger partial charge in [0.15, 0.2) is 0 Å². The van der Waals surface area contributed by atoms with E-state index in [-0.39, 0.29) is 0 Å². The first-order valence-corrected chi connectivity index (χ1v) is 7.15. The molecule has 1 saturated heterocycles. The molecule has 98 valence electrons. The average Bonchev–Trinajstić information content (AvgIpc) is 2.77. The molecule has 3 nitrogen and oxygen atoms in total. The maximum Gasteiger partial charge on any atom is 0.105 e. The second-order valence-electron chi connectivity index (χ2n) is 4.58. The van der Waals surface area contributed by atoms with Crippen LogP contribution in [0.2, 0.25) is 0 Å². The molecule has 1 heterocycles. The van der Waals surface area contributed by atoms with Gasteiger partial charge in [-0.25, -0.2) is 0 Å². The summed E-state index contributed by atoms with van der Waals surface area (Å²) in [6.07, 6.45) is 1.18. The van der Waals surface area contributed by atoms with Gasteiger partial charge in [-0.05, 0) is 40.5 Å². The molecule has 1 aliphatic heterocycles. The molecule has 0 amide bonds. The van der Waals surface area contributed by atoms with E-state index in [0.717, 1.165) is 29.7 Å². The van der Waals surface area contributed by atoms with Crippen molar-refractivity contribution in [1.29, 1.82) is 0 Å². The van der Waals surface area contributed by atoms with Gasteiger partial charge in [-0.2, -0.15) is 0 Å². The number of nitrogens with zero attached hydrogens (tertiary/aromatic N) is 1. The smallest absolute Gasteiger partial charge is 0.105 e. The van der Waals surface area contributed by atoms with E-state index in [0.29, 0.717) is 10.9 Å². The third kappa shape index (κ3) is 3.02. The van der Waals surface area contributed by atoms with E-state index < -0.39 is 0 Å². The molecule has 1 fully saturated rings. The number of hydrogen-bond donors (Lipinski definition) is 1. The van der Waals surface area contributed by atoms with E-state index in [1.165, 1.54) is 12.1 Å². The number of benzene rings is 1. The Morgan fingerprint density at radius 2 is 2.39 bits per heavy atom. The second kappa shape index (κ2) is 5.99. The van der Waals surface area contributed by atoms with Gasteiger partial charge >= 0.3 is 0 Å². The third-order valence-corrected chi connectivity index (χ3v) is 4.15. The van der Waals surface area contributed by atoms with Gasteiger partial charge in [0, 0.05) is 41.8 Å². The lowest BCUT2D eigenvalue weighted by Crippen LogP contribution is -2.21. The summed E-state index contributed by atoms with van der Waals surface area (Å²) in [7, 11) is 1.76. The minimum Gasteiger partial charge on any atom is -0.389 e. The molecule has 0 aromatic heterocycles. The molecule has 1 aromatic carbocycles. The predicted octanol–water partition coefficient (Wildman–Crippen LogP) is 2.56. The number of nitrogens with two attached hydrogens (primary N) is 1. The van der Waals surface area contributed by atoms with Crippen molar-refractivity contribution in [3.8, 4) is 0 Å². The van der Waals surface area contributed by atoms with Crippen LogP contribution in [0.3, 0.4) is 0 Å². The average molecular weight is 329 g/mol. The summed E-state index contributed by atoms with van der Waals surface area (Å²) in [5.41, 5.74) is 7.75. The first-order valence-electron chi connectivity index (χ1n) is 5.95. The van der Waals surface area contributed by atoms with Crippen LogP contribution in [0.1, 0.15) is 12.0 Å². The van der Waals surface area contributed by atoms with Crippen LogP contribution in [-0.2, 0) is 4.74 Å². The maximum absolute atomic E-state index is 5.65. The highest BCUT2D eigenvalue weighted by molar-refractivity contribution is 9.10. The van der Waals surface area contributed by atoms with Gasteiger partial charge in [-0.15, -0.1) is 0 Å². The lowest BCUT2D eigenvalue weighted by Gasteiger charge is -2.19. The highest BCUT2D eigenvalue weighted by Crippen LogP contribution is 2.28. The van der Waals surface area contributed by atoms with Crippen molar-refractivity contribution in [2.24, 2.45) is 11.7 Å². The SMILES string of the molecule is COCC1CCN(c2ccc(C(N)=S)c(Br)c2)C1. The van der Waals surface area contributed by atoms with Crippen LogP contribution in [0.15, 0.2) is 22.7 Å². The number of halogens is 1. The Hall–Kier alpha value is -0.650. The normalized spacial score (nSPS) is 19.2. The topological polar surface area (TPSA) is 38.5 Å². The van der Waals surface area contributed by atoms with Crippen LogP contribution in [0, 0.1) is 5.92 Å². The molecule has 1 aromatic rings. The molecule has 2 rings (SSSR count). The van der Waals surface area contributed by atoms with E-state index in [2.05, 4.69) is 33.0 Å². The van der Waals surface area contributed by atoms with Crippen molar-refractivity contribution in [2.75, 3.05) is 31.7 Å². The summed E-state index contributed by atoms with van der Waals surface area (Å²) in [5.74, 6) is 0.629. The highest BCUT2D eigenvalue weighted by atomic mass is 79.9. The summed E-state index contributed by atoms with van der Waals surface area (Å²) in [6.45, 7) is 2.96. The van der Waals surface area contributed by atoms with Crippen LogP contribution in [0.5, 0.6) is 0 Å². The van der Waals surface area contributed by atoms with Crippen LogP contribution >= 0.6 is 28.1 Å². The molecule has 0 aliphatic carbocycles. The Morgan fingerprint density at radius 1 is 1.61 bits per heavy atom. The van der Waals surface area contributed by atoms with Crippen LogP contribution in [0.25, 0.3) is 0 Å². The molecule has 1 atom stereocenters. The standard InChI is InChI=1S/C13H17BrN2OS/c1-17-8-9-4-5-16(7-9)10-2-3-11(13(15)18)12(14)6-10/h2-3,6,9H,4-5,7-8H2,1H3,(H2,15,18). The van der Waals surface area contributed by atoms with Gasteiger partial charge in [0.05, 0.1) is 6.61 Å². The van der Waals surface area contributed by atoms with Gasteiger partial charge < -0.3 is 15.4 Å². The monoisotopic (exact) mass is 328 g/mol. The Balaban J connectivity index is 2.11. The Morgan fingerprint density at radius 3 is 3.00 bits per heavy atom. The van der Waals surface area contributed by atoms with Crippen molar-refractivity contribution < 1.29 is 4.74 Å². The summed E-state index contributed by atoms with van der Waals surface area (Å²) in [4.78, 5) is 2.80. The molecule has 0 spiro atoms. The number of hydrogen-bond acceptors (Lipinski definition) is 3. The van der Waals surface area contributed by atoms with Gasteiger partial charge in [-0.3, -0.25) is 0 Å². The van der Waals surface area contributed by atoms with Gasteiger partial charge in [-0.1, -0.05) is 12.2 Å². The largest absolute Gasteiger partial charge is 0.389 e. The van der Waals surface area contributed by atoms with Crippen LogP contribution < -0.4 is 10.6 Å².